The minimum Gasteiger partial charge on any atom is 0 e. The van der Waals surface area contributed by atoms with Gasteiger partial charge in [0.05, 0.1) is 25.4 Å². The van der Waals surface area contributed by atoms with Crippen molar-refractivity contribution in [1.29, 1.82) is 0 Å². The molecule has 0 aromatic rings. The van der Waals surface area contributed by atoms with Gasteiger partial charge >= 0.3 is 45.8 Å². The quantitative estimate of drug-likeness (QED) is 0.233. The Kier molecular flexibility index (Phi) is 12.4. The molecule has 0 amide bonds. The number of carbonyl (C=O) groups excluding carboxylic acids is 2. The van der Waals surface area contributed by atoms with Crippen molar-refractivity contribution in [3.8, 4) is 0 Å². The second-order valence-electron chi connectivity index (χ2n) is 4.79. The summed E-state index contributed by atoms with van der Waals surface area (Å²) in [5.74, 6) is -0.301. The fourth-order valence-corrected chi connectivity index (χ4v) is 3.23. The first kappa shape index (κ1) is 25.1. The van der Waals surface area contributed by atoms with E-state index in [0.717, 1.165) is 0 Å². The van der Waals surface area contributed by atoms with Gasteiger partial charge in [-0.15, -0.1) is 0 Å². The van der Waals surface area contributed by atoms with E-state index in [4.69, 9.17) is 23.4 Å². The van der Waals surface area contributed by atoms with Crippen LogP contribution < -0.4 is 0 Å². The summed E-state index contributed by atoms with van der Waals surface area (Å²) in [6, 6.07) is 0. The van der Waals surface area contributed by atoms with E-state index in [1.54, 1.807) is 0 Å². The maximum absolute atomic E-state index is 11.9. The summed E-state index contributed by atoms with van der Waals surface area (Å²) >= 11 is 0. The average molecular weight is 386 g/mol. The SMILES string of the molecule is COC(=O)C1=C(C(=O)OC)[C@@H]2C=C[C@H]1[C@H]1C=C[C@H]12.[C-]#[O+].[C-]#[O+].[C-]#[O+].[Fe]. The largest absolute Gasteiger partial charge is 0 e. The van der Waals surface area contributed by atoms with Gasteiger partial charge in [0.1, 0.15) is 0 Å². The summed E-state index contributed by atoms with van der Waals surface area (Å²) in [6.07, 6.45) is 8.22. The molecule has 8 heteroatoms. The van der Waals surface area contributed by atoms with E-state index in [9.17, 15) is 9.59 Å². The van der Waals surface area contributed by atoms with Crippen LogP contribution in [0.25, 0.3) is 0 Å². The summed E-state index contributed by atoms with van der Waals surface area (Å²) in [6.45, 7) is 13.5. The van der Waals surface area contributed by atoms with Crippen molar-refractivity contribution in [2.24, 2.45) is 23.7 Å². The van der Waals surface area contributed by atoms with Crippen LogP contribution in [0.1, 0.15) is 0 Å². The molecular formula is C17H14FeO7. The second-order valence-corrected chi connectivity index (χ2v) is 4.79. The molecule has 0 spiro atoms. The number of allylic oxidation sites excluding steroid dienone is 4. The Morgan fingerprint density at radius 1 is 0.760 bits per heavy atom. The molecule has 4 rings (SSSR count). The van der Waals surface area contributed by atoms with Gasteiger partial charge in [0.2, 0.25) is 0 Å². The smallest absolute Gasteiger partial charge is 0 e. The normalized spacial score (nSPS) is 25.4. The third-order valence-corrected chi connectivity index (χ3v) is 4.12. The van der Waals surface area contributed by atoms with E-state index in [-0.39, 0.29) is 28.9 Å². The van der Waals surface area contributed by atoms with Crippen LogP contribution in [0.2, 0.25) is 0 Å². The molecule has 0 heterocycles. The number of rotatable bonds is 2. The molecule has 4 aliphatic rings. The van der Waals surface area contributed by atoms with Crippen molar-refractivity contribution in [2.75, 3.05) is 14.2 Å². The molecule has 0 N–H and O–H groups in total. The zero-order valence-corrected chi connectivity index (χ0v) is 14.4. The summed E-state index contributed by atoms with van der Waals surface area (Å²) in [5, 5.41) is 0. The molecule has 0 fully saturated rings. The first-order valence-corrected chi connectivity index (χ1v) is 6.57. The van der Waals surface area contributed by atoms with Crippen molar-refractivity contribution >= 4 is 11.9 Å². The Balaban J connectivity index is 0. The molecule has 0 radical (unpaired) electrons. The first-order chi connectivity index (χ1) is 11.7. The van der Waals surface area contributed by atoms with E-state index >= 15 is 0 Å². The molecule has 0 saturated carbocycles. The Labute approximate surface area is 155 Å². The monoisotopic (exact) mass is 386 g/mol. The van der Waals surface area contributed by atoms with Crippen LogP contribution >= 0.6 is 0 Å². The summed E-state index contributed by atoms with van der Waals surface area (Å²) in [5.41, 5.74) is 0.949. The third-order valence-electron chi connectivity index (χ3n) is 4.12. The van der Waals surface area contributed by atoms with Gasteiger partial charge in [-0.05, 0) is 11.8 Å². The van der Waals surface area contributed by atoms with E-state index in [1.165, 1.54) is 14.2 Å². The Morgan fingerprint density at radius 2 is 1.04 bits per heavy atom. The van der Waals surface area contributed by atoms with E-state index < -0.39 is 11.9 Å². The van der Waals surface area contributed by atoms with Gasteiger partial charge in [0, 0.05) is 28.9 Å². The number of carbonyl (C=O) groups is 2. The molecule has 0 aliphatic heterocycles. The molecule has 25 heavy (non-hydrogen) atoms. The fourth-order valence-electron chi connectivity index (χ4n) is 3.23. The van der Waals surface area contributed by atoms with Crippen LogP contribution in [0, 0.1) is 43.6 Å². The van der Waals surface area contributed by atoms with E-state index in [2.05, 4.69) is 32.1 Å². The Morgan fingerprint density at radius 3 is 1.24 bits per heavy atom. The topological polar surface area (TPSA) is 112 Å². The summed E-state index contributed by atoms with van der Waals surface area (Å²) < 4.78 is 32.1. The molecule has 0 aromatic heterocycles. The Hall–Kier alpha value is -2.10. The second kappa shape index (κ2) is 12.3. The molecule has 0 unspecified atom stereocenters. The zero-order valence-electron chi connectivity index (χ0n) is 13.3. The van der Waals surface area contributed by atoms with Crippen molar-refractivity contribution in [3.63, 3.8) is 0 Å². The van der Waals surface area contributed by atoms with Crippen molar-refractivity contribution in [2.45, 2.75) is 0 Å². The number of esters is 2. The van der Waals surface area contributed by atoms with Gasteiger partial charge < -0.3 is 9.47 Å². The predicted molar refractivity (Wildman–Crippen MR) is 75.1 cm³/mol. The van der Waals surface area contributed by atoms with Gasteiger partial charge in [0.25, 0.3) is 0 Å². The molecule has 0 saturated heterocycles. The maximum atomic E-state index is 11.9. The van der Waals surface area contributed by atoms with Gasteiger partial charge in [0.15, 0.2) is 0 Å². The van der Waals surface area contributed by atoms with Gasteiger partial charge in [-0.3, -0.25) is 0 Å². The molecule has 0 aromatic carbocycles. The van der Waals surface area contributed by atoms with E-state index in [1.807, 2.05) is 12.2 Å². The number of ether oxygens (including phenoxy) is 2. The fraction of sp³-hybridized carbons (Fsp3) is 0.353. The van der Waals surface area contributed by atoms with E-state index in [0.29, 0.717) is 23.0 Å². The van der Waals surface area contributed by atoms with Crippen LogP contribution in [-0.2, 0) is 50.1 Å². The summed E-state index contributed by atoms with van der Waals surface area (Å²) in [7, 11) is 2.68. The summed E-state index contributed by atoms with van der Waals surface area (Å²) in [4.78, 5) is 23.8. The zero-order chi connectivity index (χ0) is 18.9. The molecule has 4 aliphatic carbocycles. The van der Waals surface area contributed by atoms with Gasteiger partial charge in [-0.25, -0.2) is 9.59 Å². The first-order valence-electron chi connectivity index (χ1n) is 6.57. The number of methoxy groups -OCH3 is 2. The van der Waals surface area contributed by atoms with Crippen molar-refractivity contribution in [3.05, 3.63) is 55.4 Å². The molecule has 7 nitrogen and oxygen atoms in total. The number of hydrogen-bond donors (Lipinski definition) is 0. The predicted octanol–water partition coefficient (Wildman–Crippen LogP) is 1.13. The molecule has 2 bridgehead atoms. The van der Waals surface area contributed by atoms with Crippen LogP contribution in [0.3, 0.4) is 0 Å². The molecular weight excluding hydrogens is 372 g/mol. The van der Waals surface area contributed by atoms with Crippen molar-refractivity contribution in [1.82, 2.24) is 0 Å². The molecule has 132 valence electrons. The molecule has 4 atom stereocenters. The van der Waals surface area contributed by atoms with Crippen LogP contribution in [-0.4, -0.2) is 26.2 Å². The average Bonchev–Trinajstić information content (AvgIpc) is 2.64. The minimum atomic E-state index is -0.423. The standard InChI is InChI=1S/C14H14O4.3CO.Fe/c1-17-13(15)11-9-5-6-10(8-4-3-7(8)9)12(11)14(16)18-2;3*1-2;/h3-10H,1-2H3;;;;/t7-,8+,9-,10+;;;;. The minimum absolute atomic E-state index is 0. The van der Waals surface area contributed by atoms with Crippen LogP contribution in [0.15, 0.2) is 35.5 Å². The van der Waals surface area contributed by atoms with Gasteiger partial charge in [-0.2, -0.15) is 0 Å². The third kappa shape index (κ3) is 4.50. The Bertz CT molecular complexity index is 581. The van der Waals surface area contributed by atoms with Crippen LogP contribution in [0.4, 0.5) is 0 Å². The van der Waals surface area contributed by atoms with Gasteiger partial charge in [-0.1, -0.05) is 24.3 Å². The maximum Gasteiger partial charge on any atom is 0 e. The number of hydrogen-bond acceptors (Lipinski definition) is 4. The van der Waals surface area contributed by atoms with Crippen LogP contribution in [0.5, 0.6) is 0 Å². The van der Waals surface area contributed by atoms with Crippen molar-refractivity contribution < 1.29 is 50.1 Å².